The minimum absolute atomic E-state index is 0.182. The highest BCUT2D eigenvalue weighted by Gasteiger charge is 2.19. The van der Waals surface area contributed by atoms with Crippen molar-refractivity contribution in [2.24, 2.45) is 0 Å². The lowest BCUT2D eigenvalue weighted by Gasteiger charge is -2.18. The molecule has 0 aliphatic carbocycles. The molecular weight excluding hydrogens is 306 g/mol. The van der Waals surface area contributed by atoms with Gasteiger partial charge in [-0.1, -0.05) is 28.9 Å². The number of tetrazole rings is 1. The minimum Gasteiger partial charge on any atom is -0.449 e. The maximum absolute atomic E-state index is 12.5. The van der Waals surface area contributed by atoms with E-state index in [9.17, 15) is 4.79 Å². The zero-order chi connectivity index (χ0) is 15.5. The van der Waals surface area contributed by atoms with E-state index in [0.717, 1.165) is 5.39 Å². The first-order valence-electron chi connectivity index (χ1n) is 6.88. The lowest BCUT2D eigenvalue weighted by Crippen LogP contribution is -2.32. The van der Waals surface area contributed by atoms with Crippen LogP contribution in [0.4, 0.5) is 0 Å². The van der Waals surface area contributed by atoms with Crippen LogP contribution in [0.3, 0.4) is 0 Å². The summed E-state index contributed by atoms with van der Waals surface area (Å²) in [5.74, 6) is 0.662. The SMILES string of the molecule is CCN(CCc1nn[nH]n1)C(=O)c1cc2cccc(Cl)c2o1. The number of fused-ring (bicyclic) bond motifs is 1. The summed E-state index contributed by atoms with van der Waals surface area (Å²) in [5, 5.41) is 14.9. The van der Waals surface area contributed by atoms with Crippen LogP contribution in [0.2, 0.25) is 5.02 Å². The van der Waals surface area contributed by atoms with E-state index in [1.807, 2.05) is 19.1 Å². The molecule has 0 atom stereocenters. The monoisotopic (exact) mass is 319 g/mol. The van der Waals surface area contributed by atoms with Gasteiger partial charge < -0.3 is 9.32 Å². The van der Waals surface area contributed by atoms with Crippen LogP contribution in [0, 0.1) is 0 Å². The number of aromatic amines is 1. The molecule has 1 N–H and O–H groups in total. The number of rotatable bonds is 5. The maximum atomic E-state index is 12.5. The summed E-state index contributed by atoms with van der Waals surface area (Å²) in [7, 11) is 0. The number of H-pyrrole nitrogens is 1. The van der Waals surface area contributed by atoms with Gasteiger partial charge in [-0.15, -0.1) is 10.2 Å². The third-order valence-electron chi connectivity index (χ3n) is 3.37. The van der Waals surface area contributed by atoms with Gasteiger partial charge in [0.05, 0.1) is 5.02 Å². The average molecular weight is 320 g/mol. The highest BCUT2D eigenvalue weighted by molar-refractivity contribution is 6.34. The first-order chi connectivity index (χ1) is 10.7. The largest absolute Gasteiger partial charge is 0.449 e. The van der Waals surface area contributed by atoms with E-state index in [1.165, 1.54) is 0 Å². The molecule has 1 aromatic carbocycles. The molecule has 0 radical (unpaired) electrons. The van der Waals surface area contributed by atoms with Crippen molar-refractivity contribution in [3.05, 3.63) is 40.9 Å². The first-order valence-corrected chi connectivity index (χ1v) is 7.26. The van der Waals surface area contributed by atoms with Crippen molar-refractivity contribution < 1.29 is 9.21 Å². The van der Waals surface area contributed by atoms with Crippen LogP contribution in [0.5, 0.6) is 0 Å². The maximum Gasteiger partial charge on any atom is 0.289 e. The molecule has 7 nitrogen and oxygen atoms in total. The Kier molecular flexibility index (Phi) is 4.06. The molecule has 3 rings (SSSR count). The summed E-state index contributed by atoms with van der Waals surface area (Å²) in [5.41, 5.74) is 0.529. The topological polar surface area (TPSA) is 87.9 Å². The standard InChI is InChI=1S/C14H14ClN5O2/c1-2-20(7-6-12-16-18-19-17-12)14(21)11-8-9-4-3-5-10(15)13(9)22-11/h3-5,8H,2,6-7H2,1H3,(H,16,17,18,19). The summed E-state index contributed by atoms with van der Waals surface area (Å²) >= 11 is 6.07. The molecule has 1 amide bonds. The molecule has 0 aliphatic rings. The Morgan fingerprint density at radius 2 is 2.32 bits per heavy atom. The van der Waals surface area contributed by atoms with Gasteiger partial charge >= 0.3 is 0 Å². The number of furan rings is 1. The third-order valence-corrected chi connectivity index (χ3v) is 3.67. The fraction of sp³-hybridized carbons (Fsp3) is 0.286. The first kappa shape index (κ1) is 14.5. The number of carbonyl (C=O) groups is 1. The van der Waals surface area contributed by atoms with Gasteiger partial charge in [0, 0.05) is 24.9 Å². The van der Waals surface area contributed by atoms with E-state index >= 15 is 0 Å². The number of hydrogen-bond donors (Lipinski definition) is 1. The number of halogens is 1. The molecule has 2 aromatic heterocycles. The Balaban J connectivity index is 1.78. The van der Waals surface area contributed by atoms with Crippen LogP contribution in [-0.2, 0) is 6.42 Å². The molecule has 0 fully saturated rings. The van der Waals surface area contributed by atoms with Gasteiger partial charge in [-0.3, -0.25) is 4.79 Å². The van der Waals surface area contributed by atoms with Crippen molar-refractivity contribution in [2.75, 3.05) is 13.1 Å². The second kappa shape index (κ2) is 6.15. The van der Waals surface area contributed by atoms with Crippen molar-refractivity contribution in [3.63, 3.8) is 0 Å². The fourth-order valence-electron chi connectivity index (χ4n) is 2.22. The molecule has 0 spiro atoms. The van der Waals surface area contributed by atoms with Gasteiger partial charge in [-0.25, -0.2) is 0 Å². The number of hydrogen-bond acceptors (Lipinski definition) is 5. The Hall–Kier alpha value is -2.41. The zero-order valence-corrected chi connectivity index (χ0v) is 12.7. The number of para-hydroxylation sites is 1. The van der Waals surface area contributed by atoms with Crippen molar-refractivity contribution in [3.8, 4) is 0 Å². The number of aromatic nitrogens is 4. The predicted molar refractivity (Wildman–Crippen MR) is 80.7 cm³/mol. The molecule has 114 valence electrons. The van der Waals surface area contributed by atoms with E-state index in [4.69, 9.17) is 16.0 Å². The number of likely N-dealkylation sites (N-methyl/N-ethyl adjacent to an activating group) is 1. The van der Waals surface area contributed by atoms with Crippen molar-refractivity contribution in [1.82, 2.24) is 25.5 Å². The number of benzene rings is 1. The number of carbonyl (C=O) groups excluding carboxylic acids is 1. The van der Waals surface area contributed by atoms with Crippen LogP contribution >= 0.6 is 11.6 Å². The van der Waals surface area contributed by atoms with Crippen LogP contribution in [0.15, 0.2) is 28.7 Å². The Morgan fingerprint density at radius 1 is 1.45 bits per heavy atom. The summed E-state index contributed by atoms with van der Waals surface area (Å²) in [6.07, 6.45) is 0.525. The smallest absolute Gasteiger partial charge is 0.289 e. The van der Waals surface area contributed by atoms with E-state index in [-0.39, 0.29) is 11.7 Å². The summed E-state index contributed by atoms with van der Waals surface area (Å²) in [6, 6.07) is 7.12. The Labute approximate surface area is 131 Å². The van der Waals surface area contributed by atoms with Crippen LogP contribution in [0.25, 0.3) is 11.0 Å². The second-order valence-electron chi connectivity index (χ2n) is 4.73. The van der Waals surface area contributed by atoms with E-state index in [2.05, 4.69) is 20.6 Å². The fourth-order valence-corrected chi connectivity index (χ4v) is 2.44. The number of nitrogens with zero attached hydrogens (tertiary/aromatic N) is 4. The lowest BCUT2D eigenvalue weighted by atomic mass is 10.2. The average Bonchev–Trinajstić information content (AvgIpc) is 3.17. The Morgan fingerprint density at radius 3 is 3.00 bits per heavy atom. The van der Waals surface area contributed by atoms with E-state index < -0.39 is 0 Å². The predicted octanol–water partition coefficient (Wildman–Crippen LogP) is 2.30. The van der Waals surface area contributed by atoms with Gasteiger partial charge in [0.25, 0.3) is 5.91 Å². The quantitative estimate of drug-likeness (QED) is 0.779. The van der Waals surface area contributed by atoms with Crippen molar-refractivity contribution >= 4 is 28.5 Å². The Bertz CT molecular complexity index is 784. The van der Waals surface area contributed by atoms with Crippen LogP contribution < -0.4 is 0 Å². The van der Waals surface area contributed by atoms with Crippen molar-refractivity contribution in [1.29, 1.82) is 0 Å². The van der Waals surface area contributed by atoms with Gasteiger partial charge in [0.1, 0.15) is 0 Å². The van der Waals surface area contributed by atoms with Gasteiger partial charge in [0.15, 0.2) is 17.2 Å². The molecule has 22 heavy (non-hydrogen) atoms. The normalized spacial score (nSPS) is 11.0. The summed E-state index contributed by atoms with van der Waals surface area (Å²) < 4.78 is 5.61. The van der Waals surface area contributed by atoms with Gasteiger partial charge in [-0.05, 0) is 19.1 Å². The molecule has 0 saturated heterocycles. The van der Waals surface area contributed by atoms with Crippen LogP contribution in [-0.4, -0.2) is 44.5 Å². The second-order valence-corrected chi connectivity index (χ2v) is 5.14. The third kappa shape index (κ3) is 2.80. The molecule has 0 bridgehead atoms. The van der Waals surface area contributed by atoms with Gasteiger partial charge in [0.2, 0.25) is 0 Å². The van der Waals surface area contributed by atoms with Crippen LogP contribution in [0.1, 0.15) is 23.3 Å². The summed E-state index contributed by atoms with van der Waals surface area (Å²) in [6.45, 7) is 2.95. The highest BCUT2D eigenvalue weighted by Crippen LogP contribution is 2.27. The molecule has 2 heterocycles. The van der Waals surface area contributed by atoms with Gasteiger partial charge in [-0.2, -0.15) is 5.21 Å². The molecule has 0 saturated carbocycles. The minimum atomic E-state index is -0.182. The highest BCUT2D eigenvalue weighted by atomic mass is 35.5. The molecule has 8 heteroatoms. The van der Waals surface area contributed by atoms with Crippen molar-refractivity contribution in [2.45, 2.75) is 13.3 Å². The summed E-state index contributed by atoms with van der Waals surface area (Å²) in [4.78, 5) is 14.2. The molecular formula is C14H14ClN5O2. The van der Waals surface area contributed by atoms with E-state index in [1.54, 1.807) is 17.0 Å². The lowest BCUT2D eigenvalue weighted by molar-refractivity contribution is 0.0736. The molecule has 3 aromatic rings. The zero-order valence-electron chi connectivity index (χ0n) is 11.9. The number of nitrogens with one attached hydrogen (secondary N) is 1. The number of amides is 1. The molecule has 0 aliphatic heterocycles. The molecule has 0 unspecified atom stereocenters. The van der Waals surface area contributed by atoms with E-state index in [0.29, 0.717) is 35.9 Å².